The van der Waals surface area contributed by atoms with Crippen molar-refractivity contribution >= 4 is 39.1 Å². The minimum atomic E-state index is -0.621. The van der Waals surface area contributed by atoms with Crippen LogP contribution in [0.15, 0.2) is 48.0 Å². The van der Waals surface area contributed by atoms with Crippen LogP contribution in [0.1, 0.15) is 30.7 Å². The first-order valence-electron chi connectivity index (χ1n) is 9.61. The smallest absolute Gasteiger partial charge is 0.226 e. The lowest BCUT2D eigenvalue weighted by Gasteiger charge is -2.36. The molecule has 0 aliphatic carbocycles. The van der Waals surface area contributed by atoms with Crippen LogP contribution in [0.25, 0.3) is 10.8 Å². The number of hydrogen-bond acceptors (Lipinski definition) is 6. The molecule has 1 saturated heterocycles. The van der Waals surface area contributed by atoms with Crippen LogP contribution in [-0.4, -0.2) is 51.2 Å². The summed E-state index contributed by atoms with van der Waals surface area (Å²) in [5.41, 5.74) is 2.63. The normalized spacial score (nSPS) is 19.3. The van der Waals surface area contributed by atoms with Gasteiger partial charge >= 0.3 is 0 Å². The lowest BCUT2D eigenvalue weighted by Crippen LogP contribution is -2.45. The predicted octanol–water partition coefficient (Wildman–Crippen LogP) is 2.79. The van der Waals surface area contributed by atoms with Crippen LogP contribution < -0.4 is 5.32 Å². The zero-order valence-corrected chi connectivity index (χ0v) is 16.6. The fourth-order valence-corrected chi connectivity index (χ4v) is 4.23. The number of fused-ring (bicyclic) bond motifs is 1. The van der Waals surface area contributed by atoms with Crippen molar-refractivity contribution in [3.05, 3.63) is 53.5 Å². The molecule has 2 atom stereocenters. The summed E-state index contributed by atoms with van der Waals surface area (Å²) in [6.45, 7) is 0.861. The summed E-state index contributed by atoms with van der Waals surface area (Å²) < 4.78 is 0. The highest BCUT2D eigenvalue weighted by molar-refractivity contribution is 7.13. The van der Waals surface area contributed by atoms with Gasteiger partial charge in [-0.1, -0.05) is 53.8 Å². The Morgan fingerprint density at radius 2 is 2.00 bits per heavy atom. The van der Waals surface area contributed by atoms with Gasteiger partial charge in [0.25, 0.3) is 0 Å². The van der Waals surface area contributed by atoms with Gasteiger partial charge < -0.3 is 15.3 Å². The van der Waals surface area contributed by atoms with Crippen molar-refractivity contribution in [3.63, 3.8) is 0 Å². The number of rotatable bonds is 5. The van der Waals surface area contributed by atoms with Crippen LogP contribution in [0, 0.1) is 0 Å². The minimum Gasteiger partial charge on any atom is -0.391 e. The zero-order chi connectivity index (χ0) is 20.2. The van der Waals surface area contributed by atoms with Gasteiger partial charge in [-0.3, -0.25) is 9.59 Å². The molecule has 0 radical (unpaired) electrons. The second-order valence-corrected chi connectivity index (χ2v) is 8.03. The number of aromatic nitrogens is 2. The molecule has 1 aliphatic rings. The number of likely N-dealkylation sites (tertiary alicyclic amines) is 1. The second kappa shape index (κ2) is 8.67. The summed E-state index contributed by atoms with van der Waals surface area (Å²) in [7, 11) is 0. The molecule has 29 heavy (non-hydrogen) atoms. The molecule has 2 amide bonds. The lowest BCUT2D eigenvalue weighted by atomic mass is 9.86. The van der Waals surface area contributed by atoms with Crippen molar-refractivity contribution in [1.29, 1.82) is 0 Å². The standard InChI is InChI=1S/C21H22N4O3S/c26-18-12-25(20(28)8-7-19(27)23-21-24-22-13-29-21)10-9-17(18)16-6-5-14-3-1-2-4-15(14)11-16/h1-6,11,13,17-18,26H,7-10,12H2,(H,23,24,27)/t17-,18+/m0/s1. The molecular formula is C21H22N4O3S. The fourth-order valence-electron chi connectivity index (χ4n) is 3.77. The monoisotopic (exact) mass is 410 g/mol. The summed E-state index contributed by atoms with van der Waals surface area (Å²) in [5.74, 6) is -0.375. The van der Waals surface area contributed by atoms with Crippen molar-refractivity contribution < 1.29 is 14.7 Å². The Kier molecular flexibility index (Phi) is 5.82. The highest BCUT2D eigenvalue weighted by Gasteiger charge is 2.31. The maximum atomic E-state index is 12.5. The molecule has 2 N–H and O–H groups in total. The summed E-state index contributed by atoms with van der Waals surface area (Å²) in [5, 5.41) is 23.4. The summed E-state index contributed by atoms with van der Waals surface area (Å²) >= 11 is 1.23. The molecular weight excluding hydrogens is 388 g/mol. The molecule has 2 heterocycles. The Bertz CT molecular complexity index is 1010. The number of piperidine rings is 1. The first-order valence-corrected chi connectivity index (χ1v) is 10.5. The summed E-state index contributed by atoms with van der Waals surface area (Å²) in [6.07, 6.45) is 0.267. The maximum Gasteiger partial charge on any atom is 0.226 e. The van der Waals surface area contributed by atoms with Crippen molar-refractivity contribution in [3.8, 4) is 0 Å². The molecule has 0 unspecified atom stereocenters. The van der Waals surface area contributed by atoms with E-state index in [9.17, 15) is 14.7 Å². The fraction of sp³-hybridized carbons (Fsp3) is 0.333. The molecule has 4 rings (SSSR count). The van der Waals surface area contributed by atoms with E-state index in [0.717, 1.165) is 10.9 Å². The highest BCUT2D eigenvalue weighted by atomic mass is 32.1. The molecule has 1 aliphatic heterocycles. The van der Waals surface area contributed by atoms with Crippen molar-refractivity contribution in [2.24, 2.45) is 0 Å². The Labute approximate surface area is 172 Å². The van der Waals surface area contributed by atoms with Gasteiger partial charge in [-0.25, -0.2) is 0 Å². The minimum absolute atomic E-state index is 0.00403. The van der Waals surface area contributed by atoms with Crippen molar-refractivity contribution in [1.82, 2.24) is 15.1 Å². The number of β-amino-alcohol motifs (C(OH)–C–C–N with tert-alkyl or cyclic N) is 1. The Morgan fingerprint density at radius 1 is 1.17 bits per heavy atom. The average molecular weight is 410 g/mol. The van der Waals surface area contributed by atoms with Gasteiger partial charge in [-0.05, 0) is 22.8 Å². The van der Waals surface area contributed by atoms with E-state index in [1.54, 1.807) is 4.90 Å². The third-order valence-electron chi connectivity index (χ3n) is 5.31. The average Bonchev–Trinajstić information content (AvgIpc) is 3.24. The van der Waals surface area contributed by atoms with Crippen LogP contribution in [0.2, 0.25) is 0 Å². The molecule has 1 fully saturated rings. The summed E-state index contributed by atoms with van der Waals surface area (Å²) in [6, 6.07) is 14.4. The number of aliphatic hydroxyl groups excluding tert-OH is 1. The van der Waals surface area contributed by atoms with E-state index in [0.29, 0.717) is 18.1 Å². The number of carbonyl (C=O) groups excluding carboxylic acids is 2. The lowest BCUT2D eigenvalue weighted by molar-refractivity contribution is -0.136. The number of amides is 2. The Hall–Kier alpha value is -2.84. The molecule has 0 bridgehead atoms. The Morgan fingerprint density at radius 3 is 2.76 bits per heavy atom. The van der Waals surface area contributed by atoms with Crippen LogP contribution >= 0.6 is 11.3 Å². The molecule has 0 spiro atoms. The summed E-state index contributed by atoms with van der Waals surface area (Å²) in [4.78, 5) is 26.0. The van der Waals surface area contributed by atoms with Gasteiger partial charge in [0.2, 0.25) is 16.9 Å². The van der Waals surface area contributed by atoms with E-state index in [1.807, 2.05) is 12.1 Å². The number of benzene rings is 2. The van der Waals surface area contributed by atoms with Gasteiger partial charge in [-0.2, -0.15) is 0 Å². The molecule has 7 nitrogen and oxygen atoms in total. The molecule has 8 heteroatoms. The van der Waals surface area contributed by atoms with Crippen molar-refractivity contribution in [2.75, 3.05) is 18.4 Å². The van der Waals surface area contributed by atoms with E-state index in [2.05, 4.69) is 45.8 Å². The van der Waals surface area contributed by atoms with Gasteiger partial charge in [0.15, 0.2) is 0 Å². The predicted molar refractivity (Wildman–Crippen MR) is 112 cm³/mol. The third kappa shape index (κ3) is 4.60. The topological polar surface area (TPSA) is 95.4 Å². The number of nitrogens with one attached hydrogen (secondary N) is 1. The molecule has 150 valence electrons. The SMILES string of the molecule is O=C(CCC(=O)N1CC[C@@H](c2ccc3ccccc3c2)[C@H](O)C1)Nc1nncs1. The number of hydrogen-bond donors (Lipinski definition) is 2. The second-order valence-electron chi connectivity index (χ2n) is 7.20. The van der Waals surface area contributed by atoms with E-state index < -0.39 is 6.10 Å². The largest absolute Gasteiger partial charge is 0.391 e. The quantitative estimate of drug-likeness (QED) is 0.674. The molecule has 2 aromatic carbocycles. The first-order chi connectivity index (χ1) is 14.1. The highest BCUT2D eigenvalue weighted by Crippen LogP contribution is 2.31. The number of carbonyl (C=O) groups is 2. The third-order valence-corrected chi connectivity index (χ3v) is 5.92. The van der Waals surface area contributed by atoms with Crippen LogP contribution in [0.3, 0.4) is 0 Å². The van der Waals surface area contributed by atoms with Gasteiger partial charge in [0.1, 0.15) is 5.51 Å². The van der Waals surface area contributed by atoms with Crippen LogP contribution in [-0.2, 0) is 9.59 Å². The molecule has 1 aromatic heterocycles. The van der Waals surface area contributed by atoms with Gasteiger partial charge in [-0.15, -0.1) is 10.2 Å². The van der Waals surface area contributed by atoms with E-state index in [1.165, 1.54) is 22.2 Å². The van der Waals surface area contributed by atoms with Gasteiger partial charge in [0.05, 0.1) is 6.10 Å². The zero-order valence-electron chi connectivity index (χ0n) is 15.8. The first kappa shape index (κ1) is 19.5. The van der Waals surface area contributed by atoms with Crippen LogP contribution in [0.4, 0.5) is 5.13 Å². The number of anilines is 1. The van der Waals surface area contributed by atoms with Gasteiger partial charge in [0, 0.05) is 31.8 Å². The molecule has 3 aromatic rings. The van der Waals surface area contributed by atoms with E-state index in [-0.39, 0.29) is 37.1 Å². The van der Waals surface area contributed by atoms with Crippen molar-refractivity contribution in [2.45, 2.75) is 31.3 Å². The number of nitrogens with zero attached hydrogens (tertiary/aromatic N) is 3. The molecule has 0 saturated carbocycles. The number of aliphatic hydroxyl groups is 1. The maximum absolute atomic E-state index is 12.5. The Balaban J connectivity index is 1.32. The van der Waals surface area contributed by atoms with E-state index >= 15 is 0 Å². The van der Waals surface area contributed by atoms with Crippen LogP contribution in [0.5, 0.6) is 0 Å². The van der Waals surface area contributed by atoms with E-state index in [4.69, 9.17) is 0 Å².